The molecule has 152 valence electrons. The van der Waals surface area contributed by atoms with Crippen LogP contribution < -0.4 is 5.32 Å². The molecule has 2 heterocycles. The number of piperidine rings is 1. The SMILES string of the molecule is CCC(C)NC(=NCC1CCS(=O)(=O)C1)N1CCC(C)C2(CCC2)C1.I. The van der Waals surface area contributed by atoms with Gasteiger partial charge in [-0.2, -0.15) is 0 Å². The third-order valence-corrected chi connectivity index (χ3v) is 8.68. The molecule has 1 aliphatic carbocycles. The van der Waals surface area contributed by atoms with Crippen molar-refractivity contribution in [3.05, 3.63) is 0 Å². The van der Waals surface area contributed by atoms with Gasteiger partial charge in [0.2, 0.25) is 0 Å². The molecule has 3 atom stereocenters. The van der Waals surface area contributed by atoms with E-state index in [-0.39, 0.29) is 29.9 Å². The van der Waals surface area contributed by atoms with Gasteiger partial charge in [0.05, 0.1) is 11.5 Å². The first-order chi connectivity index (χ1) is 11.8. The van der Waals surface area contributed by atoms with Crippen molar-refractivity contribution in [2.24, 2.45) is 22.2 Å². The fourth-order valence-corrected chi connectivity index (χ4v) is 6.37. The fraction of sp³-hybridized carbons (Fsp3) is 0.947. The summed E-state index contributed by atoms with van der Waals surface area (Å²) in [6.07, 6.45) is 7.13. The molecular formula is C19H36IN3O2S. The molecule has 3 rings (SSSR count). The van der Waals surface area contributed by atoms with Crippen LogP contribution in [0.2, 0.25) is 0 Å². The molecule has 1 saturated carbocycles. The van der Waals surface area contributed by atoms with E-state index in [9.17, 15) is 8.42 Å². The van der Waals surface area contributed by atoms with Gasteiger partial charge in [-0.25, -0.2) is 8.42 Å². The maximum atomic E-state index is 11.7. The lowest BCUT2D eigenvalue weighted by molar-refractivity contribution is -0.00530. The molecule has 3 unspecified atom stereocenters. The summed E-state index contributed by atoms with van der Waals surface area (Å²) >= 11 is 0. The van der Waals surface area contributed by atoms with Gasteiger partial charge in [-0.05, 0) is 56.3 Å². The fourth-order valence-electron chi connectivity index (χ4n) is 4.52. The summed E-state index contributed by atoms with van der Waals surface area (Å²) in [6, 6.07) is 0.391. The van der Waals surface area contributed by atoms with E-state index >= 15 is 0 Å². The minimum Gasteiger partial charge on any atom is -0.354 e. The van der Waals surface area contributed by atoms with E-state index in [1.807, 2.05) is 0 Å². The standard InChI is InChI=1S/C19H35N3O2S.HI/c1-4-16(3)21-18(20-12-17-7-11-25(23,24)13-17)22-10-6-15(2)19(14-22)8-5-9-19;/h15-17H,4-14H2,1-3H3,(H,20,21);1H. The van der Waals surface area contributed by atoms with Crippen molar-refractivity contribution < 1.29 is 8.42 Å². The predicted molar refractivity (Wildman–Crippen MR) is 119 cm³/mol. The summed E-state index contributed by atoms with van der Waals surface area (Å²) in [5, 5.41) is 3.61. The van der Waals surface area contributed by atoms with Crippen LogP contribution in [0.25, 0.3) is 0 Å². The van der Waals surface area contributed by atoms with Gasteiger partial charge in [0.25, 0.3) is 0 Å². The number of sulfone groups is 1. The summed E-state index contributed by atoms with van der Waals surface area (Å²) < 4.78 is 23.4. The van der Waals surface area contributed by atoms with Crippen LogP contribution in [0, 0.1) is 17.3 Å². The molecular weight excluding hydrogens is 461 g/mol. The van der Waals surface area contributed by atoms with E-state index in [2.05, 4.69) is 31.0 Å². The number of hydrogen-bond acceptors (Lipinski definition) is 3. The molecule has 0 amide bonds. The molecule has 5 nitrogen and oxygen atoms in total. The number of guanidine groups is 1. The van der Waals surface area contributed by atoms with E-state index in [0.29, 0.717) is 29.5 Å². The molecule has 0 aromatic heterocycles. The van der Waals surface area contributed by atoms with Crippen molar-refractivity contribution in [1.82, 2.24) is 10.2 Å². The molecule has 0 aromatic rings. The van der Waals surface area contributed by atoms with Gasteiger partial charge in [0.15, 0.2) is 15.8 Å². The van der Waals surface area contributed by atoms with Gasteiger partial charge in [-0.1, -0.05) is 20.3 Å². The molecule has 3 fully saturated rings. The highest BCUT2D eigenvalue weighted by Gasteiger charge is 2.46. The number of halogens is 1. The van der Waals surface area contributed by atoms with Crippen LogP contribution in [0.1, 0.15) is 59.3 Å². The topological polar surface area (TPSA) is 61.8 Å². The van der Waals surface area contributed by atoms with Crippen LogP contribution in [-0.4, -0.2) is 56.5 Å². The first-order valence-electron chi connectivity index (χ1n) is 10.1. The van der Waals surface area contributed by atoms with Crippen molar-refractivity contribution in [3.8, 4) is 0 Å². The highest BCUT2D eigenvalue weighted by atomic mass is 127. The smallest absolute Gasteiger partial charge is 0.194 e. The van der Waals surface area contributed by atoms with Crippen LogP contribution >= 0.6 is 24.0 Å². The summed E-state index contributed by atoms with van der Waals surface area (Å²) in [5.41, 5.74) is 0.493. The largest absolute Gasteiger partial charge is 0.354 e. The predicted octanol–water partition coefficient (Wildman–Crippen LogP) is 3.30. The number of nitrogens with zero attached hydrogens (tertiary/aromatic N) is 2. The third-order valence-electron chi connectivity index (χ3n) is 6.85. The highest BCUT2D eigenvalue weighted by Crippen LogP contribution is 2.50. The average Bonchev–Trinajstić information content (AvgIpc) is 2.89. The number of likely N-dealkylation sites (tertiary alicyclic amines) is 1. The van der Waals surface area contributed by atoms with Crippen LogP contribution in [0.4, 0.5) is 0 Å². The Hall–Kier alpha value is -0.0500. The molecule has 0 bridgehead atoms. The average molecular weight is 497 g/mol. The van der Waals surface area contributed by atoms with E-state index in [1.165, 1.54) is 25.7 Å². The second kappa shape index (κ2) is 8.97. The molecule has 2 saturated heterocycles. The Bertz CT molecular complexity index is 604. The minimum absolute atomic E-state index is 0. The summed E-state index contributed by atoms with van der Waals surface area (Å²) in [6.45, 7) is 9.61. The van der Waals surface area contributed by atoms with Gasteiger partial charge in [-0.3, -0.25) is 4.99 Å². The van der Waals surface area contributed by atoms with E-state index in [4.69, 9.17) is 4.99 Å². The van der Waals surface area contributed by atoms with Gasteiger partial charge >= 0.3 is 0 Å². The Morgan fingerprint density at radius 1 is 1.35 bits per heavy atom. The van der Waals surface area contributed by atoms with Crippen LogP contribution in [0.5, 0.6) is 0 Å². The summed E-state index contributed by atoms with van der Waals surface area (Å²) in [4.78, 5) is 7.35. The number of aliphatic imine (C=N–C) groups is 1. The van der Waals surface area contributed by atoms with Crippen molar-refractivity contribution in [2.75, 3.05) is 31.1 Å². The third kappa shape index (κ3) is 5.06. The molecule has 2 aliphatic heterocycles. The first-order valence-corrected chi connectivity index (χ1v) is 11.9. The van der Waals surface area contributed by atoms with E-state index in [1.54, 1.807) is 0 Å². The van der Waals surface area contributed by atoms with Crippen molar-refractivity contribution in [1.29, 1.82) is 0 Å². The van der Waals surface area contributed by atoms with Gasteiger partial charge in [0, 0.05) is 25.7 Å². The number of hydrogen-bond donors (Lipinski definition) is 1. The molecule has 7 heteroatoms. The number of nitrogens with one attached hydrogen (secondary N) is 1. The minimum atomic E-state index is -2.82. The zero-order valence-electron chi connectivity index (χ0n) is 16.5. The Kier molecular flexibility index (Phi) is 7.67. The summed E-state index contributed by atoms with van der Waals surface area (Å²) in [5.74, 6) is 2.67. The van der Waals surface area contributed by atoms with E-state index in [0.717, 1.165) is 37.8 Å². The van der Waals surface area contributed by atoms with Crippen LogP contribution in [0.15, 0.2) is 4.99 Å². The number of rotatable bonds is 4. The second-order valence-corrected chi connectivity index (χ2v) is 10.9. The van der Waals surface area contributed by atoms with Gasteiger partial charge in [0.1, 0.15) is 0 Å². The zero-order valence-corrected chi connectivity index (χ0v) is 19.7. The molecule has 1 spiro atoms. The molecule has 0 aromatic carbocycles. The molecule has 1 N–H and O–H groups in total. The van der Waals surface area contributed by atoms with Crippen molar-refractivity contribution in [2.45, 2.75) is 65.3 Å². The maximum Gasteiger partial charge on any atom is 0.194 e. The molecule has 26 heavy (non-hydrogen) atoms. The second-order valence-electron chi connectivity index (χ2n) is 8.71. The monoisotopic (exact) mass is 497 g/mol. The first kappa shape index (κ1) is 22.2. The Morgan fingerprint density at radius 2 is 2.08 bits per heavy atom. The lowest BCUT2D eigenvalue weighted by atomic mass is 9.59. The lowest BCUT2D eigenvalue weighted by Crippen LogP contribution is -2.57. The maximum absolute atomic E-state index is 11.7. The highest BCUT2D eigenvalue weighted by molar-refractivity contribution is 14.0. The van der Waals surface area contributed by atoms with Gasteiger partial charge in [-0.15, -0.1) is 24.0 Å². The van der Waals surface area contributed by atoms with Crippen LogP contribution in [-0.2, 0) is 9.84 Å². The lowest BCUT2D eigenvalue weighted by Gasteiger charge is -2.53. The van der Waals surface area contributed by atoms with E-state index < -0.39 is 9.84 Å². The van der Waals surface area contributed by atoms with Crippen molar-refractivity contribution >= 4 is 39.8 Å². The quantitative estimate of drug-likeness (QED) is 0.368. The zero-order chi connectivity index (χ0) is 18.1. The Labute approximate surface area is 176 Å². The van der Waals surface area contributed by atoms with Gasteiger partial charge < -0.3 is 10.2 Å². The molecule has 0 radical (unpaired) electrons. The van der Waals surface area contributed by atoms with Crippen molar-refractivity contribution in [3.63, 3.8) is 0 Å². The molecule has 3 aliphatic rings. The Morgan fingerprint density at radius 3 is 2.62 bits per heavy atom. The normalized spacial score (nSPS) is 31.2. The Balaban J connectivity index is 0.00000243. The van der Waals surface area contributed by atoms with Crippen LogP contribution in [0.3, 0.4) is 0 Å². The summed E-state index contributed by atoms with van der Waals surface area (Å²) in [7, 11) is -2.82.